The SMILES string of the molecule is CN(C(=O)c1ccc(Cl)cc1)n1cnc2ccsc2c1=O. The molecular weight excluding hydrogens is 310 g/mol. The molecule has 0 saturated heterocycles. The molecule has 1 amide bonds. The predicted molar refractivity (Wildman–Crippen MR) is 83.8 cm³/mol. The molecule has 1 aromatic carbocycles. The number of carbonyl (C=O) groups excluding carboxylic acids is 1. The zero-order valence-electron chi connectivity index (χ0n) is 11.0. The number of aromatic nitrogens is 2. The molecule has 0 aliphatic rings. The van der Waals surface area contributed by atoms with Gasteiger partial charge in [0.1, 0.15) is 11.0 Å². The Kier molecular flexibility index (Phi) is 3.48. The topological polar surface area (TPSA) is 55.2 Å². The van der Waals surface area contributed by atoms with Crippen molar-refractivity contribution in [1.82, 2.24) is 9.66 Å². The summed E-state index contributed by atoms with van der Waals surface area (Å²) >= 11 is 7.11. The number of rotatable bonds is 2. The quantitative estimate of drug-likeness (QED) is 0.729. The van der Waals surface area contributed by atoms with Crippen molar-refractivity contribution >= 4 is 39.1 Å². The van der Waals surface area contributed by atoms with Gasteiger partial charge in [0.05, 0.1) is 5.52 Å². The molecule has 0 saturated carbocycles. The van der Waals surface area contributed by atoms with E-state index < -0.39 is 0 Å². The van der Waals surface area contributed by atoms with Crippen LogP contribution < -0.4 is 10.6 Å². The number of fused-ring (bicyclic) bond motifs is 1. The second kappa shape index (κ2) is 5.31. The molecule has 106 valence electrons. The van der Waals surface area contributed by atoms with E-state index in [2.05, 4.69) is 4.98 Å². The van der Waals surface area contributed by atoms with E-state index in [4.69, 9.17) is 11.6 Å². The molecule has 0 fully saturated rings. The molecule has 0 spiro atoms. The van der Waals surface area contributed by atoms with Crippen LogP contribution in [-0.4, -0.2) is 22.6 Å². The third kappa shape index (κ3) is 2.43. The van der Waals surface area contributed by atoms with Gasteiger partial charge in [-0.15, -0.1) is 11.3 Å². The molecule has 21 heavy (non-hydrogen) atoms. The van der Waals surface area contributed by atoms with Crippen LogP contribution in [0.25, 0.3) is 10.2 Å². The minimum Gasteiger partial charge on any atom is -0.267 e. The Morgan fingerprint density at radius 3 is 2.71 bits per heavy atom. The fraction of sp³-hybridized carbons (Fsp3) is 0.0714. The van der Waals surface area contributed by atoms with Gasteiger partial charge >= 0.3 is 0 Å². The molecule has 3 aromatic rings. The molecule has 0 aliphatic carbocycles. The van der Waals surface area contributed by atoms with Crippen molar-refractivity contribution in [1.29, 1.82) is 0 Å². The third-order valence-electron chi connectivity index (χ3n) is 3.06. The summed E-state index contributed by atoms with van der Waals surface area (Å²) in [7, 11) is 1.53. The van der Waals surface area contributed by atoms with Gasteiger partial charge in [0.2, 0.25) is 0 Å². The fourth-order valence-electron chi connectivity index (χ4n) is 1.93. The Hall–Kier alpha value is -2.18. The van der Waals surface area contributed by atoms with E-state index in [1.54, 1.807) is 35.7 Å². The summed E-state index contributed by atoms with van der Waals surface area (Å²) in [6, 6.07) is 8.26. The minimum atomic E-state index is -0.313. The first-order chi connectivity index (χ1) is 10.1. The Bertz CT molecular complexity index is 870. The number of hydrogen-bond donors (Lipinski definition) is 0. The van der Waals surface area contributed by atoms with Gasteiger partial charge in [0.15, 0.2) is 0 Å². The van der Waals surface area contributed by atoms with E-state index in [1.807, 2.05) is 0 Å². The lowest BCUT2D eigenvalue weighted by Crippen LogP contribution is -2.43. The monoisotopic (exact) mass is 319 g/mol. The molecular formula is C14H10ClN3O2S. The molecule has 0 N–H and O–H groups in total. The largest absolute Gasteiger partial charge is 0.290 e. The molecule has 7 heteroatoms. The highest BCUT2D eigenvalue weighted by molar-refractivity contribution is 7.17. The Morgan fingerprint density at radius 2 is 2.00 bits per heavy atom. The predicted octanol–water partition coefficient (Wildman–Crippen LogP) is 2.52. The van der Waals surface area contributed by atoms with Crippen molar-refractivity contribution in [3.8, 4) is 0 Å². The van der Waals surface area contributed by atoms with Crippen LogP contribution in [0.15, 0.2) is 46.8 Å². The molecule has 3 rings (SSSR count). The minimum absolute atomic E-state index is 0.264. The number of hydrogen-bond acceptors (Lipinski definition) is 4. The zero-order valence-corrected chi connectivity index (χ0v) is 12.6. The smallest absolute Gasteiger partial charge is 0.267 e. The summed E-state index contributed by atoms with van der Waals surface area (Å²) in [5, 5.41) is 3.58. The van der Waals surface area contributed by atoms with E-state index in [0.29, 0.717) is 20.8 Å². The maximum atomic E-state index is 12.4. The average Bonchev–Trinajstić information content (AvgIpc) is 2.96. The molecule has 5 nitrogen and oxygen atoms in total. The van der Waals surface area contributed by atoms with E-state index >= 15 is 0 Å². The van der Waals surface area contributed by atoms with Gasteiger partial charge < -0.3 is 0 Å². The number of benzene rings is 1. The second-order valence-corrected chi connectivity index (χ2v) is 5.72. The molecule has 2 aromatic heterocycles. The van der Waals surface area contributed by atoms with Crippen LogP contribution in [-0.2, 0) is 0 Å². The van der Waals surface area contributed by atoms with Crippen molar-refractivity contribution in [3.05, 3.63) is 63.0 Å². The van der Waals surface area contributed by atoms with Crippen molar-refractivity contribution in [2.45, 2.75) is 0 Å². The maximum Gasteiger partial charge on any atom is 0.290 e. The van der Waals surface area contributed by atoms with E-state index in [9.17, 15) is 9.59 Å². The highest BCUT2D eigenvalue weighted by Crippen LogP contribution is 2.14. The van der Waals surface area contributed by atoms with Crippen LogP contribution >= 0.6 is 22.9 Å². The zero-order chi connectivity index (χ0) is 15.0. The van der Waals surface area contributed by atoms with Crippen molar-refractivity contribution in [2.24, 2.45) is 0 Å². The van der Waals surface area contributed by atoms with Gasteiger partial charge in [-0.3, -0.25) is 9.59 Å². The maximum absolute atomic E-state index is 12.4. The Balaban J connectivity index is 2.01. The van der Waals surface area contributed by atoms with Gasteiger partial charge in [-0.05, 0) is 35.7 Å². The first kappa shape index (κ1) is 13.8. The lowest BCUT2D eigenvalue weighted by atomic mass is 10.2. The van der Waals surface area contributed by atoms with E-state index in [1.165, 1.54) is 34.4 Å². The Morgan fingerprint density at radius 1 is 1.29 bits per heavy atom. The number of halogens is 1. The molecule has 0 radical (unpaired) electrons. The van der Waals surface area contributed by atoms with Gasteiger partial charge in [-0.1, -0.05) is 11.6 Å². The summed E-state index contributed by atoms with van der Waals surface area (Å²) in [6.07, 6.45) is 1.35. The summed E-state index contributed by atoms with van der Waals surface area (Å²) in [5.74, 6) is -0.313. The van der Waals surface area contributed by atoms with Crippen LogP contribution in [0.2, 0.25) is 5.02 Å². The van der Waals surface area contributed by atoms with Crippen LogP contribution in [0, 0.1) is 0 Å². The highest BCUT2D eigenvalue weighted by Gasteiger charge is 2.16. The first-order valence-electron chi connectivity index (χ1n) is 6.06. The lowest BCUT2D eigenvalue weighted by Gasteiger charge is -2.18. The van der Waals surface area contributed by atoms with E-state index in [-0.39, 0.29) is 11.5 Å². The van der Waals surface area contributed by atoms with Crippen molar-refractivity contribution in [3.63, 3.8) is 0 Å². The van der Waals surface area contributed by atoms with Gasteiger partial charge in [-0.25, -0.2) is 14.7 Å². The number of nitrogens with zero attached hydrogens (tertiary/aromatic N) is 3. The molecule has 0 unspecified atom stereocenters. The van der Waals surface area contributed by atoms with Crippen molar-refractivity contribution in [2.75, 3.05) is 12.1 Å². The van der Waals surface area contributed by atoms with Gasteiger partial charge in [-0.2, -0.15) is 0 Å². The summed E-state index contributed by atoms with van der Waals surface area (Å²) in [5.41, 5.74) is 0.813. The standard InChI is InChI=1S/C14H10ClN3O2S/c1-17(13(19)9-2-4-10(15)5-3-9)18-8-16-11-6-7-21-12(11)14(18)20/h2-8H,1H3. The molecule has 2 heterocycles. The molecule has 0 atom stereocenters. The fourth-order valence-corrected chi connectivity index (χ4v) is 2.82. The second-order valence-electron chi connectivity index (χ2n) is 4.36. The van der Waals surface area contributed by atoms with E-state index in [0.717, 1.165) is 0 Å². The normalized spacial score (nSPS) is 10.8. The summed E-state index contributed by atoms with van der Waals surface area (Å²) in [6.45, 7) is 0. The van der Waals surface area contributed by atoms with Crippen LogP contribution in [0.5, 0.6) is 0 Å². The lowest BCUT2D eigenvalue weighted by molar-refractivity contribution is 0.0965. The number of carbonyl (C=O) groups is 1. The van der Waals surface area contributed by atoms with Crippen LogP contribution in [0.3, 0.4) is 0 Å². The summed E-state index contributed by atoms with van der Waals surface area (Å²) < 4.78 is 1.73. The van der Waals surface area contributed by atoms with Crippen molar-refractivity contribution < 1.29 is 4.79 Å². The third-order valence-corrected chi connectivity index (χ3v) is 4.20. The average molecular weight is 320 g/mol. The summed E-state index contributed by atoms with van der Waals surface area (Å²) in [4.78, 5) is 28.9. The number of amides is 1. The van der Waals surface area contributed by atoms with Crippen LogP contribution in [0.1, 0.15) is 10.4 Å². The Labute approximate surface area is 129 Å². The van der Waals surface area contributed by atoms with Gasteiger partial charge in [0.25, 0.3) is 11.5 Å². The number of thiophene rings is 1. The van der Waals surface area contributed by atoms with Crippen LogP contribution in [0.4, 0.5) is 0 Å². The molecule has 0 bridgehead atoms. The highest BCUT2D eigenvalue weighted by atomic mass is 35.5. The molecule has 0 aliphatic heterocycles. The first-order valence-corrected chi connectivity index (χ1v) is 7.32. The van der Waals surface area contributed by atoms with Gasteiger partial charge in [0, 0.05) is 17.6 Å².